The van der Waals surface area contributed by atoms with Crippen molar-refractivity contribution in [2.24, 2.45) is 11.3 Å². The van der Waals surface area contributed by atoms with Gasteiger partial charge in [-0.05, 0) is 37.2 Å². The lowest BCUT2D eigenvalue weighted by Gasteiger charge is -2.38. The minimum Gasteiger partial charge on any atom is -0.207 e. The quantitative estimate of drug-likeness (QED) is 0.765. The van der Waals surface area contributed by atoms with Crippen LogP contribution in [-0.4, -0.2) is 25.8 Å². The smallest absolute Gasteiger partial charge is 0.207 e. The van der Waals surface area contributed by atoms with Crippen LogP contribution in [0.15, 0.2) is 11.0 Å². The molecule has 120 valence electrons. The Hall–Kier alpha value is -0.100. The first-order chi connectivity index (χ1) is 9.66. The average molecular weight is 350 g/mol. The first-order valence-corrected chi connectivity index (χ1v) is 10.1. The van der Waals surface area contributed by atoms with Gasteiger partial charge in [0.15, 0.2) is 0 Å². The largest absolute Gasteiger partial charge is 0.244 e. The Balaban J connectivity index is 2.17. The number of nitrogens with zero attached hydrogens (tertiary/aromatic N) is 1. The molecular weight excluding hydrogens is 326 g/mol. The van der Waals surface area contributed by atoms with Crippen LogP contribution in [0.4, 0.5) is 0 Å². The summed E-state index contributed by atoms with van der Waals surface area (Å²) in [5, 5.41) is 0. The van der Waals surface area contributed by atoms with Gasteiger partial charge in [-0.25, -0.2) is 8.42 Å². The van der Waals surface area contributed by atoms with Crippen molar-refractivity contribution in [2.75, 3.05) is 13.1 Å². The fraction of sp³-hybridized carbons (Fsp3) is 0.733. The molecular formula is C15H24ClNO2S2. The summed E-state index contributed by atoms with van der Waals surface area (Å²) >= 11 is 7.29. The van der Waals surface area contributed by atoms with Gasteiger partial charge in [0.2, 0.25) is 10.0 Å². The average Bonchev–Trinajstić information content (AvgIpc) is 2.80. The predicted octanol–water partition coefficient (Wildman–Crippen LogP) is 4.24. The summed E-state index contributed by atoms with van der Waals surface area (Å²) in [6.45, 7) is 9.80. The van der Waals surface area contributed by atoms with Crippen molar-refractivity contribution in [1.82, 2.24) is 4.31 Å². The fourth-order valence-corrected chi connectivity index (χ4v) is 6.11. The monoisotopic (exact) mass is 349 g/mol. The van der Waals surface area contributed by atoms with Crippen molar-refractivity contribution in [3.05, 3.63) is 15.8 Å². The van der Waals surface area contributed by atoms with Gasteiger partial charge in [-0.1, -0.05) is 20.8 Å². The van der Waals surface area contributed by atoms with Gasteiger partial charge in [0.05, 0.1) is 10.8 Å². The van der Waals surface area contributed by atoms with Crippen LogP contribution < -0.4 is 0 Å². The van der Waals surface area contributed by atoms with Gasteiger partial charge in [0, 0.05) is 22.8 Å². The zero-order chi connectivity index (χ0) is 15.8. The van der Waals surface area contributed by atoms with Crippen LogP contribution >= 0.6 is 22.9 Å². The first kappa shape index (κ1) is 17.3. The van der Waals surface area contributed by atoms with Crippen molar-refractivity contribution in [2.45, 2.75) is 51.3 Å². The van der Waals surface area contributed by atoms with Crippen LogP contribution in [0.2, 0.25) is 0 Å². The second kappa shape index (κ2) is 6.19. The number of sulfonamides is 1. The molecule has 0 radical (unpaired) electrons. The van der Waals surface area contributed by atoms with Gasteiger partial charge < -0.3 is 0 Å². The Kier molecular flexibility index (Phi) is 5.08. The third-order valence-electron chi connectivity index (χ3n) is 4.35. The van der Waals surface area contributed by atoms with E-state index in [2.05, 4.69) is 20.8 Å². The SMILES string of the molecule is Cc1sc(CCl)cc1S(=O)(=O)N1CCC(C(C)(C)C)CC1. The van der Waals surface area contributed by atoms with Gasteiger partial charge in [-0.3, -0.25) is 0 Å². The summed E-state index contributed by atoms with van der Waals surface area (Å²) in [6, 6.07) is 1.73. The van der Waals surface area contributed by atoms with Crippen LogP contribution in [-0.2, 0) is 15.9 Å². The zero-order valence-corrected chi connectivity index (χ0v) is 15.5. The fourth-order valence-electron chi connectivity index (χ4n) is 2.95. The number of alkyl halides is 1. The third-order valence-corrected chi connectivity index (χ3v) is 8.00. The van der Waals surface area contributed by atoms with E-state index in [0.29, 0.717) is 29.8 Å². The number of halogens is 1. The Morgan fingerprint density at radius 1 is 1.33 bits per heavy atom. The summed E-state index contributed by atoms with van der Waals surface area (Å²) in [4.78, 5) is 2.19. The van der Waals surface area contributed by atoms with Crippen molar-refractivity contribution in [1.29, 1.82) is 0 Å². The Morgan fingerprint density at radius 2 is 1.90 bits per heavy atom. The number of piperidine rings is 1. The van der Waals surface area contributed by atoms with Crippen LogP contribution in [0.5, 0.6) is 0 Å². The standard InChI is InChI=1S/C15H24ClNO2S2/c1-11-14(9-13(10-16)20-11)21(18,19)17-7-5-12(6-8-17)15(2,3)4/h9,12H,5-8,10H2,1-4H3. The van der Waals surface area contributed by atoms with E-state index in [9.17, 15) is 8.42 Å². The minimum atomic E-state index is -3.37. The molecule has 1 saturated heterocycles. The summed E-state index contributed by atoms with van der Waals surface area (Å²) in [5.74, 6) is 0.957. The molecule has 0 aliphatic carbocycles. The topological polar surface area (TPSA) is 37.4 Å². The van der Waals surface area contributed by atoms with E-state index in [1.807, 2.05) is 6.92 Å². The van der Waals surface area contributed by atoms with Gasteiger partial charge >= 0.3 is 0 Å². The van der Waals surface area contributed by atoms with Crippen molar-refractivity contribution in [3.8, 4) is 0 Å². The Bertz CT molecular complexity index is 594. The molecule has 0 spiro atoms. The molecule has 21 heavy (non-hydrogen) atoms. The zero-order valence-electron chi connectivity index (χ0n) is 13.1. The first-order valence-electron chi connectivity index (χ1n) is 7.31. The van der Waals surface area contributed by atoms with Crippen LogP contribution in [0, 0.1) is 18.3 Å². The van der Waals surface area contributed by atoms with E-state index in [4.69, 9.17) is 11.6 Å². The molecule has 3 nitrogen and oxygen atoms in total. The molecule has 0 N–H and O–H groups in total. The second-order valence-corrected chi connectivity index (χ2v) is 10.3. The van der Waals surface area contributed by atoms with Gasteiger partial charge in [-0.15, -0.1) is 22.9 Å². The molecule has 0 amide bonds. The van der Waals surface area contributed by atoms with Crippen molar-refractivity contribution in [3.63, 3.8) is 0 Å². The molecule has 1 aliphatic heterocycles. The van der Waals surface area contributed by atoms with Crippen molar-refractivity contribution < 1.29 is 8.42 Å². The minimum absolute atomic E-state index is 0.250. The number of aryl methyl sites for hydroxylation is 1. The molecule has 0 saturated carbocycles. The maximum absolute atomic E-state index is 12.8. The number of hydrogen-bond acceptors (Lipinski definition) is 3. The second-order valence-electron chi connectivity index (χ2n) is 6.81. The Morgan fingerprint density at radius 3 is 2.33 bits per heavy atom. The predicted molar refractivity (Wildman–Crippen MR) is 89.6 cm³/mol. The summed E-state index contributed by atoms with van der Waals surface area (Å²) < 4.78 is 27.2. The third kappa shape index (κ3) is 3.63. The molecule has 1 fully saturated rings. The molecule has 0 unspecified atom stereocenters. The summed E-state index contributed by atoms with van der Waals surface area (Å²) in [5.41, 5.74) is 0.250. The lowest BCUT2D eigenvalue weighted by atomic mass is 9.76. The molecule has 0 aromatic carbocycles. The van der Waals surface area contributed by atoms with Crippen LogP contribution in [0.25, 0.3) is 0 Å². The van der Waals surface area contributed by atoms with E-state index in [0.717, 1.165) is 22.6 Å². The Labute approximate surface area is 137 Å². The molecule has 1 aliphatic rings. The highest BCUT2D eigenvalue weighted by molar-refractivity contribution is 7.89. The molecule has 2 heterocycles. The molecule has 1 aromatic rings. The van der Waals surface area contributed by atoms with Gasteiger partial charge in [0.25, 0.3) is 0 Å². The number of rotatable bonds is 3. The molecule has 0 atom stereocenters. The number of hydrogen-bond donors (Lipinski definition) is 0. The highest BCUT2D eigenvalue weighted by atomic mass is 35.5. The van der Waals surface area contributed by atoms with E-state index in [-0.39, 0.29) is 5.41 Å². The molecule has 0 bridgehead atoms. The van der Waals surface area contributed by atoms with Crippen LogP contribution in [0.1, 0.15) is 43.4 Å². The maximum atomic E-state index is 12.8. The highest BCUT2D eigenvalue weighted by Crippen LogP contribution is 2.37. The molecule has 2 rings (SSSR count). The van der Waals surface area contributed by atoms with Crippen LogP contribution in [0.3, 0.4) is 0 Å². The summed E-state index contributed by atoms with van der Waals surface area (Å²) in [7, 11) is -3.37. The van der Waals surface area contributed by atoms with E-state index >= 15 is 0 Å². The maximum Gasteiger partial charge on any atom is 0.244 e. The van der Waals surface area contributed by atoms with E-state index in [1.165, 1.54) is 11.3 Å². The van der Waals surface area contributed by atoms with E-state index < -0.39 is 10.0 Å². The highest BCUT2D eigenvalue weighted by Gasteiger charge is 2.35. The molecule has 1 aromatic heterocycles. The molecule has 6 heteroatoms. The summed E-state index contributed by atoms with van der Waals surface area (Å²) in [6.07, 6.45) is 1.88. The van der Waals surface area contributed by atoms with E-state index in [1.54, 1.807) is 10.4 Å². The lowest BCUT2D eigenvalue weighted by Crippen LogP contribution is -2.41. The van der Waals surface area contributed by atoms with Gasteiger partial charge in [-0.2, -0.15) is 4.31 Å². The number of thiophene rings is 1. The lowest BCUT2D eigenvalue weighted by molar-refractivity contribution is 0.154. The normalized spacial score (nSPS) is 19.1. The van der Waals surface area contributed by atoms with Gasteiger partial charge in [0.1, 0.15) is 0 Å². The van der Waals surface area contributed by atoms with Crippen molar-refractivity contribution >= 4 is 33.0 Å².